The number of hydrogen-bond acceptors (Lipinski definition) is 2. The molecular weight excluding hydrogens is 332 g/mol. The topological polar surface area (TPSA) is 38.3 Å². The second-order valence-corrected chi connectivity index (χ2v) is 5.51. The second-order valence-electron chi connectivity index (χ2n) is 4.95. The van der Waals surface area contributed by atoms with E-state index in [2.05, 4.69) is 26.0 Å². The van der Waals surface area contributed by atoms with Crippen molar-refractivity contribution < 1.29 is 18.3 Å². The summed E-state index contributed by atoms with van der Waals surface area (Å²) in [5.74, 6) is -0.467. The van der Waals surface area contributed by atoms with E-state index in [1.165, 1.54) is 12.1 Å². The van der Waals surface area contributed by atoms with Crippen LogP contribution in [0, 0.1) is 0 Å². The average Bonchev–Trinajstić information content (AvgIpc) is 2.87. The van der Waals surface area contributed by atoms with Crippen molar-refractivity contribution >= 4 is 21.8 Å². The van der Waals surface area contributed by atoms with Crippen molar-refractivity contribution in [3.63, 3.8) is 0 Å². The van der Waals surface area contributed by atoms with Crippen LogP contribution in [0.2, 0.25) is 0 Å². The maximum absolute atomic E-state index is 12.3. The van der Waals surface area contributed by atoms with Crippen LogP contribution in [0.5, 0.6) is 5.75 Å². The summed E-state index contributed by atoms with van der Waals surface area (Å²) in [4.78, 5) is 12.3. The largest absolute Gasteiger partial charge is 0.434 e. The van der Waals surface area contributed by atoms with Crippen molar-refractivity contribution in [2.45, 2.75) is 37.8 Å². The highest BCUT2D eigenvalue weighted by molar-refractivity contribution is 9.09. The number of nitrogens with one attached hydrogen (secondary N) is 1. The van der Waals surface area contributed by atoms with Crippen LogP contribution >= 0.6 is 15.9 Å². The molecule has 1 aliphatic rings. The maximum Gasteiger partial charge on any atom is 0.387 e. The number of hydrogen-bond donors (Lipinski definition) is 1. The van der Waals surface area contributed by atoms with E-state index in [1.54, 1.807) is 12.1 Å². The van der Waals surface area contributed by atoms with E-state index in [0.29, 0.717) is 5.33 Å². The van der Waals surface area contributed by atoms with Gasteiger partial charge in [0.25, 0.3) is 5.91 Å². The molecule has 0 atom stereocenters. The number of para-hydroxylation sites is 1. The molecule has 1 aromatic carbocycles. The Bertz CT molecular complexity index is 476. The first-order valence-electron chi connectivity index (χ1n) is 6.49. The minimum absolute atomic E-state index is 0.0947. The van der Waals surface area contributed by atoms with Gasteiger partial charge in [-0.3, -0.25) is 4.79 Å². The molecule has 1 amide bonds. The van der Waals surface area contributed by atoms with Crippen molar-refractivity contribution in [3.05, 3.63) is 29.8 Å². The van der Waals surface area contributed by atoms with Gasteiger partial charge in [-0.15, -0.1) is 0 Å². The quantitative estimate of drug-likeness (QED) is 0.824. The van der Waals surface area contributed by atoms with Crippen LogP contribution in [0.3, 0.4) is 0 Å². The molecular formula is C14H16BrF2NO2. The van der Waals surface area contributed by atoms with Gasteiger partial charge in [0.15, 0.2) is 0 Å². The third kappa shape index (κ3) is 3.48. The zero-order valence-electron chi connectivity index (χ0n) is 10.9. The van der Waals surface area contributed by atoms with Crippen molar-refractivity contribution in [1.29, 1.82) is 0 Å². The SMILES string of the molecule is O=C(NC1(CBr)CCCC1)c1ccccc1OC(F)F. The summed E-state index contributed by atoms with van der Waals surface area (Å²) in [5, 5.41) is 3.62. The van der Waals surface area contributed by atoms with E-state index < -0.39 is 6.61 Å². The summed E-state index contributed by atoms with van der Waals surface area (Å²) in [6, 6.07) is 6.05. The lowest BCUT2D eigenvalue weighted by Crippen LogP contribution is -2.47. The molecule has 20 heavy (non-hydrogen) atoms. The second kappa shape index (κ2) is 6.52. The van der Waals surface area contributed by atoms with E-state index in [4.69, 9.17) is 0 Å². The number of carbonyl (C=O) groups excluding carboxylic acids is 1. The van der Waals surface area contributed by atoms with Crippen LogP contribution in [-0.4, -0.2) is 23.4 Å². The molecule has 1 saturated carbocycles. The highest BCUT2D eigenvalue weighted by Gasteiger charge is 2.35. The Kier molecular flexibility index (Phi) is 4.96. The van der Waals surface area contributed by atoms with Crippen LogP contribution in [0.15, 0.2) is 24.3 Å². The number of carbonyl (C=O) groups is 1. The molecule has 110 valence electrons. The number of amides is 1. The summed E-state index contributed by atoms with van der Waals surface area (Å²) in [7, 11) is 0. The molecule has 6 heteroatoms. The highest BCUT2D eigenvalue weighted by Crippen LogP contribution is 2.32. The van der Waals surface area contributed by atoms with Crippen molar-refractivity contribution in [2.24, 2.45) is 0 Å². The predicted molar refractivity (Wildman–Crippen MR) is 75.5 cm³/mol. The van der Waals surface area contributed by atoms with Crippen molar-refractivity contribution in [2.75, 3.05) is 5.33 Å². The molecule has 0 saturated heterocycles. The summed E-state index contributed by atoms with van der Waals surface area (Å²) < 4.78 is 29.1. The van der Waals surface area contributed by atoms with Crippen LogP contribution in [-0.2, 0) is 0 Å². The van der Waals surface area contributed by atoms with E-state index in [9.17, 15) is 13.6 Å². The lowest BCUT2D eigenvalue weighted by molar-refractivity contribution is -0.0501. The molecule has 0 aliphatic heterocycles. The van der Waals surface area contributed by atoms with Gasteiger partial charge in [0, 0.05) is 5.33 Å². The van der Waals surface area contributed by atoms with Crippen LogP contribution in [0.25, 0.3) is 0 Å². The van der Waals surface area contributed by atoms with Crippen molar-refractivity contribution in [3.8, 4) is 5.75 Å². The van der Waals surface area contributed by atoms with Gasteiger partial charge < -0.3 is 10.1 Å². The number of rotatable bonds is 5. The standard InChI is InChI=1S/C14H16BrF2NO2/c15-9-14(7-3-4-8-14)18-12(19)10-5-1-2-6-11(10)20-13(16)17/h1-2,5-6,13H,3-4,7-9H2,(H,18,19). The van der Waals surface area contributed by atoms with Gasteiger partial charge in [-0.25, -0.2) is 0 Å². The van der Waals surface area contributed by atoms with Gasteiger partial charge in [0.1, 0.15) is 5.75 Å². The molecule has 1 fully saturated rings. The molecule has 0 bridgehead atoms. The van der Waals surface area contributed by atoms with Crippen LogP contribution < -0.4 is 10.1 Å². The van der Waals surface area contributed by atoms with E-state index in [0.717, 1.165) is 25.7 Å². The molecule has 0 heterocycles. The number of halogens is 3. The summed E-state index contributed by atoms with van der Waals surface area (Å²) in [6.07, 6.45) is 3.89. The third-order valence-electron chi connectivity index (χ3n) is 3.54. The minimum Gasteiger partial charge on any atom is -0.434 e. The molecule has 0 aromatic heterocycles. The molecule has 1 aromatic rings. The first-order valence-corrected chi connectivity index (χ1v) is 7.61. The molecule has 3 nitrogen and oxygen atoms in total. The van der Waals surface area contributed by atoms with Gasteiger partial charge in [-0.1, -0.05) is 40.9 Å². The number of ether oxygens (including phenoxy) is 1. The molecule has 1 aliphatic carbocycles. The zero-order chi connectivity index (χ0) is 14.6. The monoisotopic (exact) mass is 347 g/mol. The Balaban J connectivity index is 2.16. The van der Waals surface area contributed by atoms with E-state index >= 15 is 0 Å². The molecule has 0 unspecified atom stereocenters. The fourth-order valence-electron chi connectivity index (χ4n) is 2.50. The minimum atomic E-state index is -2.94. The molecule has 2 rings (SSSR count). The Morgan fingerprint density at radius 1 is 1.35 bits per heavy atom. The summed E-state index contributed by atoms with van der Waals surface area (Å²) >= 11 is 3.43. The first kappa shape index (κ1) is 15.2. The fraction of sp³-hybridized carbons (Fsp3) is 0.500. The lowest BCUT2D eigenvalue weighted by Gasteiger charge is -2.28. The average molecular weight is 348 g/mol. The summed E-state index contributed by atoms with van der Waals surface area (Å²) in [6.45, 7) is -2.94. The summed E-state index contributed by atoms with van der Waals surface area (Å²) in [5.41, 5.74) is -0.144. The Morgan fingerprint density at radius 2 is 2.00 bits per heavy atom. The molecule has 1 N–H and O–H groups in total. The zero-order valence-corrected chi connectivity index (χ0v) is 12.5. The van der Waals surface area contributed by atoms with Crippen LogP contribution in [0.1, 0.15) is 36.0 Å². The maximum atomic E-state index is 12.3. The van der Waals surface area contributed by atoms with E-state index in [1.807, 2.05) is 0 Å². The van der Waals surface area contributed by atoms with Gasteiger partial charge >= 0.3 is 6.61 Å². The lowest BCUT2D eigenvalue weighted by atomic mass is 10.00. The van der Waals surface area contributed by atoms with Gasteiger partial charge in [-0.2, -0.15) is 8.78 Å². The highest BCUT2D eigenvalue weighted by atomic mass is 79.9. The smallest absolute Gasteiger partial charge is 0.387 e. The van der Waals surface area contributed by atoms with Gasteiger partial charge in [0.05, 0.1) is 11.1 Å². The van der Waals surface area contributed by atoms with Gasteiger partial charge in [0.2, 0.25) is 0 Å². The fourth-order valence-corrected chi connectivity index (χ4v) is 3.21. The third-order valence-corrected chi connectivity index (χ3v) is 4.62. The number of alkyl halides is 3. The normalized spacial score (nSPS) is 17.2. The van der Waals surface area contributed by atoms with Crippen LogP contribution in [0.4, 0.5) is 8.78 Å². The van der Waals surface area contributed by atoms with Crippen molar-refractivity contribution in [1.82, 2.24) is 5.32 Å². The molecule has 0 spiro atoms. The Hall–Kier alpha value is -1.17. The number of benzene rings is 1. The van der Waals surface area contributed by atoms with E-state index in [-0.39, 0.29) is 22.8 Å². The predicted octanol–water partition coefficient (Wildman–Crippen LogP) is 3.73. The molecule has 0 radical (unpaired) electrons. The van der Waals surface area contributed by atoms with Gasteiger partial charge in [-0.05, 0) is 25.0 Å². The Labute approximate surface area is 124 Å². The first-order chi connectivity index (χ1) is 9.56. The Morgan fingerprint density at radius 3 is 2.60 bits per heavy atom.